The molecular formula is C12H13F3O2. The lowest BCUT2D eigenvalue weighted by Crippen LogP contribution is -2.08. The molecule has 2 nitrogen and oxygen atoms in total. The van der Waals surface area contributed by atoms with Gasteiger partial charge in [0, 0.05) is 0 Å². The van der Waals surface area contributed by atoms with E-state index in [9.17, 15) is 13.2 Å². The number of rotatable bonds is 4. The molecular weight excluding hydrogens is 233 g/mol. The van der Waals surface area contributed by atoms with E-state index in [4.69, 9.17) is 9.47 Å². The Bertz CT molecular complexity index is 368. The van der Waals surface area contributed by atoms with Crippen LogP contribution in [-0.4, -0.2) is 19.3 Å². The standard InChI is InChI=1S/C12H13F3O2/c1-8(16-6-11-7-17-11)9-2-4-10(5-3-9)12(13,14)15/h2-5,8,11H,6-7H2,1H3/t8-,11+/m1/s1. The third-order valence-electron chi connectivity index (χ3n) is 2.64. The highest BCUT2D eigenvalue weighted by Crippen LogP contribution is 2.30. The van der Waals surface area contributed by atoms with Gasteiger partial charge in [-0.2, -0.15) is 13.2 Å². The average molecular weight is 246 g/mol. The van der Waals surface area contributed by atoms with Crippen molar-refractivity contribution >= 4 is 0 Å². The van der Waals surface area contributed by atoms with Crippen molar-refractivity contribution in [3.63, 3.8) is 0 Å². The fourth-order valence-corrected chi connectivity index (χ4v) is 1.46. The van der Waals surface area contributed by atoms with Crippen molar-refractivity contribution in [2.75, 3.05) is 13.2 Å². The zero-order valence-corrected chi connectivity index (χ0v) is 9.33. The summed E-state index contributed by atoms with van der Waals surface area (Å²) in [6.45, 7) is 3.01. The van der Waals surface area contributed by atoms with Gasteiger partial charge < -0.3 is 9.47 Å². The number of benzene rings is 1. The van der Waals surface area contributed by atoms with Crippen molar-refractivity contribution in [1.29, 1.82) is 0 Å². The molecule has 1 aromatic carbocycles. The summed E-state index contributed by atoms with van der Waals surface area (Å²) in [6.07, 6.45) is -4.35. The second-order valence-electron chi connectivity index (χ2n) is 4.05. The van der Waals surface area contributed by atoms with Crippen LogP contribution in [0.25, 0.3) is 0 Å². The molecule has 1 aliphatic rings. The summed E-state index contributed by atoms with van der Waals surface area (Å²) in [6, 6.07) is 5.04. The summed E-state index contributed by atoms with van der Waals surface area (Å²) in [7, 11) is 0. The first-order chi connectivity index (χ1) is 7.97. The molecule has 1 heterocycles. The Morgan fingerprint density at radius 1 is 1.35 bits per heavy atom. The van der Waals surface area contributed by atoms with Crippen molar-refractivity contribution in [2.45, 2.75) is 25.3 Å². The molecule has 0 radical (unpaired) electrons. The zero-order valence-electron chi connectivity index (χ0n) is 9.33. The predicted molar refractivity (Wildman–Crippen MR) is 55.6 cm³/mol. The van der Waals surface area contributed by atoms with Gasteiger partial charge in [0.2, 0.25) is 0 Å². The van der Waals surface area contributed by atoms with Crippen LogP contribution in [-0.2, 0) is 15.7 Å². The lowest BCUT2D eigenvalue weighted by atomic mass is 10.1. The van der Waals surface area contributed by atoms with E-state index in [0.717, 1.165) is 17.7 Å². The van der Waals surface area contributed by atoms with Crippen LogP contribution in [0.3, 0.4) is 0 Å². The first kappa shape index (κ1) is 12.4. The van der Waals surface area contributed by atoms with Gasteiger partial charge in [-0.15, -0.1) is 0 Å². The van der Waals surface area contributed by atoms with Crippen LogP contribution in [0.15, 0.2) is 24.3 Å². The van der Waals surface area contributed by atoms with Crippen molar-refractivity contribution in [3.05, 3.63) is 35.4 Å². The largest absolute Gasteiger partial charge is 0.416 e. The molecule has 0 aromatic heterocycles. The molecule has 94 valence electrons. The Kier molecular flexibility index (Phi) is 3.40. The Morgan fingerprint density at radius 2 is 1.94 bits per heavy atom. The summed E-state index contributed by atoms with van der Waals surface area (Å²) < 4.78 is 47.5. The third kappa shape index (κ3) is 3.44. The van der Waals surface area contributed by atoms with E-state index >= 15 is 0 Å². The van der Waals surface area contributed by atoms with Crippen LogP contribution in [0.4, 0.5) is 13.2 Å². The molecule has 0 aliphatic carbocycles. The van der Waals surface area contributed by atoms with Crippen LogP contribution < -0.4 is 0 Å². The van der Waals surface area contributed by atoms with E-state index in [1.165, 1.54) is 12.1 Å². The van der Waals surface area contributed by atoms with Crippen LogP contribution in [0.2, 0.25) is 0 Å². The second-order valence-corrected chi connectivity index (χ2v) is 4.05. The quantitative estimate of drug-likeness (QED) is 0.761. The van der Waals surface area contributed by atoms with E-state index in [-0.39, 0.29) is 12.2 Å². The van der Waals surface area contributed by atoms with Crippen LogP contribution in [0, 0.1) is 0 Å². The van der Waals surface area contributed by atoms with Gasteiger partial charge in [-0.3, -0.25) is 0 Å². The normalized spacial score (nSPS) is 21.3. The van der Waals surface area contributed by atoms with Gasteiger partial charge in [0.25, 0.3) is 0 Å². The number of hydrogen-bond donors (Lipinski definition) is 0. The minimum Gasteiger partial charge on any atom is -0.371 e. The van der Waals surface area contributed by atoms with Gasteiger partial charge in [0.05, 0.1) is 24.9 Å². The molecule has 0 spiro atoms. The second kappa shape index (κ2) is 4.66. The molecule has 1 aromatic rings. The molecule has 0 amide bonds. The maximum atomic E-state index is 12.3. The van der Waals surface area contributed by atoms with Crippen molar-refractivity contribution in [1.82, 2.24) is 0 Å². The Hall–Kier alpha value is -1.07. The van der Waals surface area contributed by atoms with Gasteiger partial charge in [0.15, 0.2) is 0 Å². The first-order valence-corrected chi connectivity index (χ1v) is 5.37. The first-order valence-electron chi connectivity index (χ1n) is 5.37. The van der Waals surface area contributed by atoms with Crippen molar-refractivity contribution in [3.8, 4) is 0 Å². The van der Waals surface area contributed by atoms with Gasteiger partial charge in [-0.25, -0.2) is 0 Å². The Balaban J connectivity index is 1.96. The van der Waals surface area contributed by atoms with Crippen LogP contribution in [0.5, 0.6) is 0 Å². The lowest BCUT2D eigenvalue weighted by Gasteiger charge is -2.13. The number of alkyl halides is 3. The molecule has 1 aliphatic heterocycles. The summed E-state index contributed by atoms with van der Waals surface area (Å²) in [4.78, 5) is 0. The molecule has 0 bridgehead atoms. The van der Waals surface area contributed by atoms with Gasteiger partial charge in [0.1, 0.15) is 6.10 Å². The van der Waals surface area contributed by atoms with Gasteiger partial charge in [-0.05, 0) is 24.6 Å². The number of epoxide rings is 1. The average Bonchev–Trinajstić information content (AvgIpc) is 3.09. The highest BCUT2D eigenvalue weighted by molar-refractivity contribution is 5.25. The summed E-state index contributed by atoms with van der Waals surface area (Å²) in [5.74, 6) is 0. The highest BCUT2D eigenvalue weighted by atomic mass is 19.4. The van der Waals surface area contributed by atoms with Crippen molar-refractivity contribution in [2.24, 2.45) is 0 Å². The fraction of sp³-hybridized carbons (Fsp3) is 0.500. The van der Waals surface area contributed by atoms with E-state index in [0.29, 0.717) is 13.2 Å². The summed E-state index contributed by atoms with van der Waals surface area (Å²) in [5, 5.41) is 0. The zero-order chi connectivity index (χ0) is 12.5. The van der Waals surface area contributed by atoms with E-state index in [1.54, 1.807) is 0 Å². The van der Waals surface area contributed by atoms with Crippen LogP contribution in [0.1, 0.15) is 24.2 Å². The number of hydrogen-bond acceptors (Lipinski definition) is 2. The Labute approximate surface area is 97.3 Å². The maximum absolute atomic E-state index is 12.3. The summed E-state index contributed by atoms with van der Waals surface area (Å²) in [5.41, 5.74) is 0.0950. The Morgan fingerprint density at radius 3 is 2.41 bits per heavy atom. The number of ether oxygens (including phenoxy) is 2. The van der Waals surface area contributed by atoms with Crippen LogP contribution >= 0.6 is 0 Å². The lowest BCUT2D eigenvalue weighted by molar-refractivity contribution is -0.137. The van der Waals surface area contributed by atoms with Crippen molar-refractivity contribution < 1.29 is 22.6 Å². The molecule has 1 saturated heterocycles. The highest BCUT2D eigenvalue weighted by Gasteiger charge is 2.30. The van der Waals surface area contributed by atoms with E-state index in [2.05, 4.69) is 0 Å². The van der Waals surface area contributed by atoms with E-state index in [1.807, 2.05) is 6.92 Å². The molecule has 0 saturated carbocycles. The van der Waals surface area contributed by atoms with E-state index < -0.39 is 11.7 Å². The molecule has 0 unspecified atom stereocenters. The monoisotopic (exact) mass is 246 g/mol. The molecule has 0 N–H and O–H groups in total. The number of halogens is 3. The fourth-order valence-electron chi connectivity index (χ4n) is 1.46. The minimum atomic E-state index is -4.29. The van der Waals surface area contributed by atoms with Gasteiger partial charge >= 0.3 is 6.18 Å². The molecule has 5 heteroatoms. The maximum Gasteiger partial charge on any atom is 0.416 e. The van der Waals surface area contributed by atoms with Gasteiger partial charge in [-0.1, -0.05) is 12.1 Å². The molecule has 2 rings (SSSR count). The SMILES string of the molecule is C[C@@H](OC[C@H]1CO1)c1ccc(C(F)(F)F)cc1. The topological polar surface area (TPSA) is 21.8 Å². The summed E-state index contributed by atoms with van der Waals surface area (Å²) >= 11 is 0. The predicted octanol–water partition coefficient (Wildman–Crippen LogP) is 3.18. The molecule has 1 fully saturated rings. The minimum absolute atomic E-state index is 0.159. The molecule has 2 atom stereocenters. The molecule has 17 heavy (non-hydrogen) atoms. The smallest absolute Gasteiger partial charge is 0.371 e. The third-order valence-corrected chi connectivity index (χ3v) is 2.64.